The second-order valence-corrected chi connectivity index (χ2v) is 7.38. The number of fused-ring (bicyclic) bond motifs is 1. The Hall–Kier alpha value is -2.47. The van der Waals surface area contributed by atoms with E-state index in [1.807, 2.05) is 35.2 Å². The average Bonchev–Trinajstić information content (AvgIpc) is 3.47. The van der Waals surface area contributed by atoms with Crippen LogP contribution in [0, 0.1) is 0 Å². The molecule has 1 aliphatic heterocycles. The number of benzene rings is 1. The molecule has 0 bridgehead atoms. The van der Waals surface area contributed by atoms with E-state index in [0.29, 0.717) is 12.5 Å². The fourth-order valence-electron chi connectivity index (χ4n) is 3.69. The summed E-state index contributed by atoms with van der Waals surface area (Å²) in [7, 11) is 0. The van der Waals surface area contributed by atoms with E-state index < -0.39 is 0 Å². The molecule has 1 aromatic carbocycles. The van der Waals surface area contributed by atoms with Gasteiger partial charge in [0.2, 0.25) is 5.91 Å². The smallest absolute Gasteiger partial charge is 0.252 e. The fraction of sp³-hybridized carbons (Fsp3) is 0.450. The number of hydrogen-bond acceptors (Lipinski definition) is 4. The maximum atomic E-state index is 13.0. The number of amides is 2. The maximum Gasteiger partial charge on any atom is 0.252 e. The van der Waals surface area contributed by atoms with Crippen LogP contribution >= 0.6 is 0 Å². The summed E-state index contributed by atoms with van der Waals surface area (Å²) >= 11 is 0. The zero-order chi connectivity index (χ0) is 18.1. The van der Waals surface area contributed by atoms with E-state index in [1.54, 1.807) is 0 Å². The van der Waals surface area contributed by atoms with Crippen molar-refractivity contribution in [2.24, 2.45) is 5.73 Å². The normalized spacial score (nSPS) is 18.8. The first kappa shape index (κ1) is 17.0. The second kappa shape index (κ2) is 7.03. The molecule has 2 fully saturated rings. The fourth-order valence-corrected chi connectivity index (χ4v) is 3.69. The highest BCUT2D eigenvalue weighted by Gasteiger charge is 2.28. The summed E-state index contributed by atoms with van der Waals surface area (Å²) in [5.41, 5.74) is 7.89. The van der Waals surface area contributed by atoms with Crippen LogP contribution in [0.2, 0.25) is 0 Å². The van der Waals surface area contributed by atoms with E-state index >= 15 is 0 Å². The number of nitrogens with zero attached hydrogens (tertiary/aromatic N) is 2. The zero-order valence-corrected chi connectivity index (χ0v) is 14.8. The van der Waals surface area contributed by atoms with Gasteiger partial charge in [-0.2, -0.15) is 0 Å². The van der Waals surface area contributed by atoms with Crippen molar-refractivity contribution in [2.45, 2.75) is 37.6 Å². The van der Waals surface area contributed by atoms with E-state index in [2.05, 4.69) is 5.32 Å². The molecular weight excluding hydrogens is 328 g/mol. The van der Waals surface area contributed by atoms with Crippen LogP contribution in [0.25, 0.3) is 10.9 Å². The van der Waals surface area contributed by atoms with Gasteiger partial charge in [0.25, 0.3) is 5.91 Å². The van der Waals surface area contributed by atoms with E-state index in [4.69, 9.17) is 10.7 Å². The summed E-state index contributed by atoms with van der Waals surface area (Å²) in [4.78, 5) is 30.8. The number of nitrogens with one attached hydrogen (secondary N) is 1. The largest absolute Gasteiger partial charge is 0.369 e. The van der Waals surface area contributed by atoms with Crippen LogP contribution in [-0.2, 0) is 4.79 Å². The Kier molecular flexibility index (Phi) is 4.59. The van der Waals surface area contributed by atoms with Gasteiger partial charge >= 0.3 is 0 Å². The van der Waals surface area contributed by atoms with Gasteiger partial charge in [-0.15, -0.1) is 0 Å². The summed E-state index contributed by atoms with van der Waals surface area (Å²) in [6, 6.07) is 9.94. The lowest BCUT2D eigenvalue weighted by atomic mass is 10.0. The minimum absolute atomic E-state index is 0.0288. The standard InChI is InChI=1S/C20H24N4O2/c21-19(25)12-24-9-7-14(8-10-24)22-20(26)16-11-18(13-5-6-13)23-17-4-2-1-3-15(16)17/h1-4,11,13-14H,5-10,12H2,(H2,21,25)(H,22,26). The van der Waals surface area contributed by atoms with Crippen LogP contribution in [0.1, 0.15) is 47.7 Å². The molecule has 1 saturated heterocycles. The highest BCUT2D eigenvalue weighted by atomic mass is 16.2. The lowest BCUT2D eigenvalue weighted by Crippen LogP contribution is -2.46. The van der Waals surface area contributed by atoms with Crippen LogP contribution in [0.5, 0.6) is 0 Å². The summed E-state index contributed by atoms with van der Waals surface area (Å²) in [5.74, 6) is 0.172. The molecule has 2 aromatic rings. The van der Waals surface area contributed by atoms with Gasteiger partial charge in [0.15, 0.2) is 0 Å². The van der Waals surface area contributed by atoms with Crippen molar-refractivity contribution in [2.75, 3.05) is 19.6 Å². The number of rotatable bonds is 5. The minimum Gasteiger partial charge on any atom is -0.369 e. The molecule has 4 rings (SSSR count). The predicted octanol–water partition coefficient (Wildman–Crippen LogP) is 1.79. The van der Waals surface area contributed by atoms with Crippen molar-refractivity contribution < 1.29 is 9.59 Å². The molecule has 1 saturated carbocycles. The van der Waals surface area contributed by atoms with Gasteiger partial charge in [-0.25, -0.2) is 0 Å². The maximum absolute atomic E-state index is 13.0. The Morgan fingerprint density at radius 2 is 1.88 bits per heavy atom. The van der Waals surface area contributed by atoms with Gasteiger partial charge in [-0.05, 0) is 37.8 Å². The van der Waals surface area contributed by atoms with Crippen LogP contribution in [0.4, 0.5) is 0 Å². The summed E-state index contributed by atoms with van der Waals surface area (Å²) in [6.45, 7) is 1.84. The van der Waals surface area contributed by atoms with Gasteiger partial charge in [0, 0.05) is 36.1 Å². The second-order valence-electron chi connectivity index (χ2n) is 7.38. The highest BCUT2D eigenvalue weighted by Crippen LogP contribution is 2.40. The topological polar surface area (TPSA) is 88.3 Å². The number of likely N-dealkylation sites (tertiary alicyclic amines) is 1. The summed E-state index contributed by atoms with van der Waals surface area (Å²) in [5, 5.41) is 4.08. The van der Waals surface area contributed by atoms with Crippen molar-refractivity contribution in [3.8, 4) is 0 Å². The molecule has 0 radical (unpaired) electrons. The lowest BCUT2D eigenvalue weighted by molar-refractivity contribution is -0.119. The minimum atomic E-state index is -0.302. The zero-order valence-electron chi connectivity index (χ0n) is 14.8. The molecule has 1 aromatic heterocycles. The number of nitrogens with two attached hydrogens (primary N) is 1. The van der Waals surface area contributed by atoms with Crippen molar-refractivity contribution >= 4 is 22.7 Å². The van der Waals surface area contributed by atoms with E-state index in [-0.39, 0.29) is 17.9 Å². The summed E-state index contributed by atoms with van der Waals surface area (Å²) < 4.78 is 0. The Morgan fingerprint density at radius 1 is 1.15 bits per heavy atom. The number of pyridine rings is 1. The molecule has 2 amide bonds. The number of carbonyl (C=O) groups is 2. The van der Waals surface area contributed by atoms with Gasteiger partial charge in [0.1, 0.15) is 0 Å². The summed E-state index contributed by atoms with van der Waals surface area (Å²) in [6.07, 6.45) is 3.98. The van der Waals surface area contributed by atoms with Gasteiger partial charge in [0.05, 0.1) is 17.6 Å². The quantitative estimate of drug-likeness (QED) is 0.859. The molecule has 2 aliphatic rings. The molecule has 6 nitrogen and oxygen atoms in total. The molecule has 0 atom stereocenters. The first-order valence-electron chi connectivity index (χ1n) is 9.31. The monoisotopic (exact) mass is 352 g/mol. The molecule has 3 N–H and O–H groups in total. The number of piperidine rings is 1. The van der Waals surface area contributed by atoms with Crippen molar-refractivity contribution in [1.29, 1.82) is 0 Å². The van der Waals surface area contributed by atoms with Gasteiger partial charge in [-0.1, -0.05) is 18.2 Å². The predicted molar refractivity (Wildman–Crippen MR) is 99.8 cm³/mol. The molecule has 26 heavy (non-hydrogen) atoms. The van der Waals surface area contributed by atoms with E-state index in [9.17, 15) is 9.59 Å². The van der Waals surface area contributed by atoms with Crippen molar-refractivity contribution in [3.05, 3.63) is 41.6 Å². The van der Waals surface area contributed by atoms with Gasteiger partial charge in [-0.3, -0.25) is 19.5 Å². The van der Waals surface area contributed by atoms with Crippen LogP contribution in [0.3, 0.4) is 0 Å². The molecule has 6 heteroatoms. The molecule has 1 aliphatic carbocycles. The number of carbonyl (C=O) groups excluding carboxylic acids is 2. The Balaban J connectivity index is 1.49. The molecule has 136 valence electrons. The Morgan fingerprint density at radius 3 is 2.58 bits per heavy atom. The number of aromatic nitrogens is 1. The Bertz CT molecular complexity index is 839. The SMILES string of the molecule is NC(=O)CN1CCC(NC(=O)c2cc(C3CC3)nc3ccccc23)CC1. The van der Waals surface area contributed by atoms with Gasteiger partial charge < -0.3 is 11.1 Å². The van der Waals surface area contributed by atoms with Crippen LogP contribution < -0.4 is 11.1 Å². The number of hydrogen-bond donors (Lipinski definition) is 2. The highest BCUT2D eigenvalue weighted by molar-refractivity contribution is 6.06. The average molecular weight is 352 g/mol. The molecular formula is C20H24N4O2. The lowest BCUT2D eigenvalue weighted by Gasteiger charge is -2.31. The van der Waals surface area contributed by atoms with Crippen LogP contribution in [-0.4, -0.2) is 47.4 Å². The molecule has 2 heterocycles. The third kappa shape index (κ3) is 3.70. The first-order chi connectivity index (χ1) is 12.6. The number of primary amides is 1. The third-order valence-corrected chi connectivity index (χ3v) is 5.28. The first-order valence-corrected chi connectivity index (χ1v) is 9.31. The third-order valence-electron chi connectivity index (χ3n) is 5.28. The Labute approximate surface area is 152 Å². The molecule has 0 spiro atoms. The molecule has 0 unspecified atom stereocenters. The van der Waals surface area contributed by atoms with E-state index in [1.165, 1.54) is 0 Å². The van der Waals surface area contributed by atoms with Crippen LogP contribution in [0.15, 0.2) is 30.3 Å². The van der Waals surface area contributed by atoms with Crippen molar-refractivity contribution in [3.63, 3.8) is 0 Å². The number of para-hydroxylation sites is 1. The van der Waals surface area contributed by atoms with E-state index in [0.717, 1.165) is 60.9 Å². The van der Waals surface area contributed by atoms with Crippen molar-refractivity contribution in [1.82, 2.24) is 15.2 Å².